The first kappa shape index (κ1) is 13.8. The van der Waals surface area contributed by atoms with Gasteiger partial charge in [0.25, 0.3) is 5.69 Å². The van der Waals surface area contributed by atoms with Crippen molar-refractivity contribution in [1.82, 2.24) is 5.32 Å². The van der Waals surface area contributed by atoms with Crippen molar-refractivity contribution in [3.63, 3.8) is 0 Å². The first-order valence-corrected chi connectivity index (χ1v) is 6.53. The lowest BCUT2D eigenvalue weighted by molar-refractivity contribution is -0.385. The molecule has 6 heteroatoms. The maximum absolute atomic E-state index is 10.7. The lowest BCUT2D eigenvalue weighted by Gasteiger charge is -2.05. The highest BCUT2D eigenvalue weighted by molar-refractivity contribution is 9.10. The molecule has 0 aliphatic heterocycles. The highest BCUT2D eigenvalue weighted by atomic mass is 79.9. The fraction of sp³-hybridized carbons (Fsp3) is 0.231. The average molecular weight is 325 g/mol. The van der Waals surface area contributed by atoms with E-state index in [0.29, 0.717) is 10.2 Å². The number of hydrogen-bond acceptors (Lipinski definition) is 4. The van der Waals surface area contributed by atoms with E-state index in [0.717, 1.165) is 11.3 Å². The lowest BCUT2D eigenvalue weighted by Crippen LogP contribution is -2.10. The van der Waals surface area contributed by atoms with Gasteiger partial charge in [0.1, 0.15) is 11.5 Å². The molecule has 1 aromatic carbocycles. The number of nitrogens with one attached hydrogen (secondary N) is 1. The molecule has 19 heavy (non-hydrogen) atoms. The van der Waals surface area contributed by atoms with Gasteiger partial charge in [-0.1, -0.05) is 0 Å². The van der Waals surface area contributed by atoms with E-state index in [9.17, 15) is 10.1 Å². The number of hydrogen-bond donors (Lipinski definition) is 1. The van der Waals surface area contributed by atoms with Gasteiger partial charge in [0.05, 0.1) is 15.4 Å². The predicted octanol–water partition coefficient (Wildman–Crippen LogP) is 3.90. The van der Waals surface area contributed by atoms with Crippen molar-refractivity contribution in [2.45, 2.75) is 13.0 Å². The Kier molecular flexibility index (Phi) is 4.01. The fourth-order valence-electron chi connectivity index (χ4n) is 1.69. The van der Waals surface area contributed by atoms with E-state index in [-0.39, 0.29) is 11.7 Å². The molecular formula is C13H13BrN2O3. The van der Waals surface area contributed by atoms with Gasteiger partial charge in [-0.3, -0.25) is 10.1 Å². The Morgan fingerprint density at radius 1 is 1.37 bits per heavy atom. The van der Waals surface area contributed by atoms with E-state index in [4.69, 9.17) is 4.42 Å². The van der Waals surface area contributed by atoms with Crippen molar-refractivity contribution in [3.8, 4) is 11.3 Å². The van der Waals surface area contributed by atoms with Crippen molar-refractivity contribution in [3.05, 3.63) is 50.7 Å². The molecule has 0 amide bonds. The van der Waals surface area contributed by atoms with Gasteiger partial charge in [-0.05, 0) is 54.2 Å². The SMILES string of the molecule is CNC(C)c1ccc(-c2ccc([N+](=O)[O-])c(Br)c2)o1. The zero-order valence-electron chi connectivity index (χ0n) is 10.5. The summed E-state index contributed by atoms with van der Waals surface area (Å²) in [6.45, 7) is 1.99. The monoisotopic (exact) mass is 324 g/mol. The van der Waals surface area contributed by atoms with Crippen molar-refractivity contribution in [2.75, 3.05) is 7.05 Å². The number of benzene rings is 1. The molecule has 1 aromatic heterocycles. The average Bonchev–Trinajstić information content (AvgIpc) is 2.86. The van der Waals surface area contributed by atoms with Crippen LogP contribution in [-0.4, -0.2) is 12.0 Å². The number of furan rings is 1. The second-order valence-corrected chi connectivity index (χ2v) is 4.99. The molecule has 0 saturated carbocycles. The molecule has 0 aliphatic carbocycles. The minimum Gasteiger partial charge on any atom is -0.459 e. The smallest absolute Gasteiger partial charge is 0.283 e. The highest BCUT2D eigenvalue weighted by Crippen LogP contribution is 2.32. The quantitative estimate of drug-likeness (QED) is 0.684. The highest BCUT2D eigenvalue weighted by Gasteiger charge is 2.15. The van der Waals surface area contributed by atoms with E-state index < -0.39 is 4.92 Å². The van der Waals surface area contributed by atoms with E-state index >= 15 is 0 Å². The van der Waals surface area contributed by atoms with Crippen LogP contribution in [0.5, 0.6) is 0 Å². The van der Waals surface area contributed by atoms with E-state index in [1.807, 2.05) is 26.1 Å². The van der Waals surface area contributed by atoms with Crippen LogP contribution in [0, 0.1) is 10.1 Å². The molecule has 2 rings (SSSR count). The van der Waals surface area contributed by atoms with Crippen molar-refractivity contribution >= 4 is 21.6 Å². The van der Waals surface area contributed by atoms with Crippen LogP contribution < -0.4 is 5.32 Å². The predicted molar refractivity (Wildman–Crippen MR) is 76.0 cm³/mol. The van der Waals surface area contributed by atoms with Gasteiger partial charge in [0.2, 0.25) is 0 Å². The summed E-state index contributed by atoms with van der Waals surface area (Å²) < 4.78 is 6.16. The van der Waals surface area contributed by atoms with Crippen LogP contribution in [0.1, 0.15) is 18.7 Å². The molecule has 2 aromatic rings. The Labute approximate surface area is 118 Å². The molecule has 1 unspecified atom stereocenters. The van der Waals surface area contributed by atoms with Crippen LogP contribution in [0.25, 0.3) is 11.3 Å². The molecule has 0 bridgehead atoms. The van der Waals surface area contributed by atoms with Crippen LogP contribution in [0.15, 0.2) is 39.2 Å². The Hall–Kier alpha value is -1.66. The molecule has 100 valence electrons. The Morgan fingerprint density at radius 3 is 2.68 bits per heavy atom. The fourth-order valence-corrected chi connectivity index (χ4v) is 2.21. The molecule has 0 aliphatic rings. The van der Waals surface area contributed by atoms with Crippen LogP contribution in [-0.2, 0) is 0 Å². The normalized spacial score (nSPS) is 12.4. The summed E-state index contributed by atoms with van der Waals surface area (Å²) in [6.07, 6.45) is 0. The van der Waals surface area contributed by atoms with Crippen molar-refractivity contribution in [2.24, 2.45) is 0 Å². The molecule has 1 N–H and O–H groups in total. The standard InChI is InChI=1S/C13H13BrN2O3/c1-8(15-2)12-5-6-13(19-12)9-3-4-11(16(17)18)10(14)7-9/h3-8,15H,1-2H3. The molecule has 0 radical (unpaired) electrons. The number of rotatable bonds is 4. The summed E-state index contributed by atoms with van der Waals surface area (Å²) in [5.41, 5.74) is 0.839. The summed E-state index contributed by atoms with van der Waals surface area (Å²) in [5.74, 6) is 1.51. The Balaban J connectivity index is 2.35. The third kappa shape index (κ3) is 2.85. The van der Waals surface area contributed by atoms with Gasteiger partial charge < -0.3 is 9.73 Å². The number of halogens is 1. The third-order valence-corrected chi connectivity index (χ3v) is 3.55. The maximum Gasteiger partial charge on any atom is 0.283 e. The first-order chi connectivity index (χ1) is 9.02. The van der Waals surface area contributed by atoms with Crippen LogP contribution in [0.3, 0.4) is 0 Å². The topological polar surface area (TPSA) is 68.3 Å². The molecule has 0 spiro atoms. The molecule has 5 nitrogen and oxygen atoms in total. The van der Waals surface area contributed by atoms with Crippen LogP contribution in [0.2, 0.25) is 0 Å². The second kappa shape index (κ2) is 5.54. The molecule has 1 heterocycles. The lowest BCUT2D eigenvalue weighted by atomic mass is 10.1. The summed E-state index contributed by atoms with van der Waals surface area (Å²) in [4.78, 5) is 10.3. The minimum absolute atomic E-state index is 0.0409. The van der Waals surface area contributed by atoms with Crippen LogP contribution >= 0.6 is 15.9 Å². The van der Waals surface area contributed by atoms with Gasteiger partial charge >= 0.3 is 0 Å². The maximum atomic E-state index is 10.7. The summed E-state index contributed by atoms with van der Waals surface area (Å²) in [5, 5.41) is 13.8. The van der Waals surface area contributed by atoms with Gasteiger partial charge in [0, 0.05) is 11.6 Å². The van der Waals surface area contributed by atoms with Gasteiger partial charge in [0.15, 0.2) is 0 Å². The largest absolute Gasteiger partial charge is 0.459 e. The van der Waals surface area contributed by atoms with E-state index in [1.54, 1.807) is 12.1 Å². The van der Waals surface area contributed by atoms with Crippen LogP contribution in [0.4, 0.5) is 5.69 Å². The van der Waals surface area contributed by atoms with Crippen molar-refractivity contribution in [1.29, 1.82) is 0 Å². The van der Waals surface area contributed by atoms with Gasteiger partial charge in [-0.15, -0.1) is 0 Å². The zero-order chi connectivity index (χ0) is 14.0. The zero-order valence-corrected chi connectivity index (χ0v) is 12.1. The molecule has 0 saturated heterocycles. The number of nitrogens with zero attached hydrogens (tertiary/aromatic N) is 1. The summed E-state index contributed by atoms with van der Waals surface area (Å²) in [7, 11) is 1.86. The van der Waals surface area contributed by atoms with E-state index in [2.05, 4.69) is 21.2 Å². The minimum atomic E-state index is -0.426. The Morgan fingerprint density at radius 2 is 2.11 bits per heavy atom. The van der Waals surface area contributed by atoms with Gasteiger partial charge in [-0.2, -0.15) is 0 Å². The molecule has 1 atom stereocenters. The third-order valence-electron chi connectivity index (χ3n) is 2.92. The first-order valence-electron chi connectivity index (χ1n) is 5.74. The number of nitro benzene ring substituents is 1. The number of nitro groups is 1. The second-order valence-electron chi connectivity index (χ2n) is 4.14. The van der Waals surface area contributed by atoms with Crippen molar-refractivity contribution < 1.29 is 9.34 Å². The summed E-state index contributed by atoms with van der Waals surface area (Å²) in [6, 6.07) is 8.70. The molecule has 0 fully saturated rings. The van der Waals surface area contributed by atoms with Gasteiger partial charge in [-0.25, -0.2) is 0 Å². The molecular weight excluding hydrogens is 312 g/mol. The van der Waals surface area contributed by atoms with E-state index in [1.165, 1.54) is 6.07 Å². The summed E-state index contributed by atoms with van der Waals surface area (Å²) >= 11 is 3.20. The Bertz CT molecular complexity index is 610.